The Morgan fingerprint density at radius 3 is 2.00 bits per heavy atom. The van der Waals surface area contributed by atoms with Gasteiger partial charge in [0.2, 0.25) is 0 Å². The standard InChI is InChI=1S/C9H17NO2.H3N.H2O4S/c1-5-8(2)9(11)12-7-6-10(3)4;;1-5(2,3)4/h5H,6-7H2,1-4H3;1H3;(H2,1,2,3,4). The first kappa shape index (κ1) is 22.2. The summed E-state index contributed by atoms with van der Waals surface area (Å²) in [4.78, 5) is 13.0. The molecular weight excluding hydrogens is 264 g/mol. The first-order valence-corrected chi connectivity index (χ1v) is 6.12. The van der Waals surface area contributed by atoms with Crippen LogP contribution in [0, 0.1) is 0 Å². The Balaban J connectivity index is -0.000000321. The third-order valence-electron chi connectivity index (χ3n) is 1.53. The molecule has 8 nitrogen and oxygen atoms in total. The van der Waals surface area contributed by atoms with E-state index in [4.69, 9.17) is 22.3 Å². The molecule has 0 aliphatic rings. The molecule has 0 aliphatic heterocycles. The van der Waals surface area contributed by atoms with Gasteiger partial charge in [-0.3, -0.25) is 9.11 Å². The average molecular weight is 286 g/mol. The van der Waals surface area contributed by atoms with E-state index >= 15 is 0 Å². The maximum Gasteiger partial charge on any atom is 0.394 e. The van der Waals surface area contributed by atoms with Crippen LogP contribution in [0.3, 0.4) is 0 Å². The van der Waals surface area contributed by atoms with Crippen molar-refractivity contribution in [2.75, 3.05) is 27.2 Å². The Labute approximate surface area is 108 Å². The summed E-state index contributed by atoms with van der Waals surface area (Å²) in [6.07, 6.45) is 1.75. The van der Waals surface area contributed by atoms with Gasteiger partial charge in [0.1, 0.15) is 6.61 Å². The van der Waals surface area contributed by atoms with Crippen LogP contribution in [0.5, 0.6) is 0 Å². The van der Waals surface area contributed by atoms with Crippen molar-refractivity contribution in [2.24, 2.45) is 0 Å². The molecule has 0 radical (unpaired) electrons. The highest BCUT2D eigenvalue weighted by Crippen LogP contribution is 1.95. The second kappa shape index (κ2) is 11.1. The summed E-state index contributed by atoms with van der Waals surface area (Å²) in [5.74, 6) is -0.223. The summed E-state index contributed by atoms with van der Waals surface area (Å²) in [6.45, 7) is 4.79. The minimum Gasteiger partial charge on any atom is -0.461 e. The maximum atomic E-state index is 11.0. The van der Waals surface area contributed by atoms with Gasteiger partial charge in [-0.15, -0.1) is 0 Å². The third-order valence-corrected chi connectivity index (χ3v) is 1.53. The Morgan fingerprint density at radius 1 is 1.33 bits per heavy atom. The molecule has 0 aromatic rings. The molecule has 0 bridgehead atoms. The van der Waals surface area contributed by atoms with Crippen molar-refractivity contribution in [3.63, 3.8) is 0 Å². The quantitative estimate of drug-likeness (QED) is 0.387. The Kier molecular flexibility index (Phi) is 13.7. The number of ether oxygens (including phenoxy) is 1. The van der Waals surface area contributed by atoms with E-state index in [1.54, 1.807) is 13.0 Å². The molecule has 0 rings (SSSR count). The van der Waals surface area contributed by atoms with E-state index in [2.05, 4.69) is 0 Å². The van der Waals surface area contributed by atoms with Crippen LogP contribution < -0.4 is 6.15 Å². The number of esters is 1. The molecule has 0 fully saturated rings. The molecule has 0 saturated carbocycles. The molecule has 110 valence electrons. The topological polar surface area (TPSA) is 139 Å². The minimum absolute atomic E-state index is 0. The molecule has 0 amide bonds. The number of carbonyl (C=O) groups excluding carboxylic acids is 1. The molecular formula is C9H22N2O6S. The van der Waals surface area contributed by atoms with Crippen LogP contribution in [0.4, 0.5) is 0 Å². The summed E-state index contributed by atoms with van der Waals surface area (Å²) in [7, 11) is -0.785. The van der Waals surface area contributed by atoms with E-state index in [1.807, 2.05) is 25.9 Å². The molecule has 0 saturated heterocycles. The van der Waals surface area contributed by atoms with Gasteiger partial charge in [-0.2, -0.15) is 8.42 Å². The first-order chi connectivity index (χ1) is 7.57. The molecule has 0 atom stereocenters. The van der Waals surface area contributed by atoms with Crippen LogP contribution in [0.1, 0.15) is 13.8 Å². The zero-order valence-electron chi connectivity index (χ0n) is 11.1. The maximum absolute atomic E-state index is 11.0. The van der Waals surface area contributed by atoms with Gasteiger partial charge in [-0.1, -0.05) is 6.08 Å². The van der Waals surface area contributed by atoms with E-state index in [0.29, 0.717) is 12.2 Å². The van der Waals surface area contributed by atoms with Crippen molar-refractivity contribution >= 4 is 16.4 Å². The van der Waals surface area contributed by atoms with Crippen molar-refractivity contribution < 1.29 is 27.1 Å². The highest BCUT2D eigenvalue weighted by Gasteiger charge is 2.03. The highest BCUT2D eigenvalue weighted by molar-refractivity contribution is 7.79. The predicted octanol–water partition coefficient (Wildman–Crippen LogP) is 0.567. The average Bonchev–Trinajstić information content (AvgIpc) is 2.13. The number of hydrogen-bond acceptors (Lipinski definition) is 6. The van der Waals surface area contributed by atoms with Crippen LogP contribution >= 0.6 is 0 Å². The number of rotatable bonds is 4. The van der Waals surface area contributed by atoms with Crippen molar-refractivity contribution in [2.45, 2.75) is 13.8 Å². The lowest BCUT2D eigenvalue weighted by atomic mass is 10.3. The third kappa shape index (κ3) is 24.3. The van der Waals surface area contributed by atoms with E-state index in [-0.39, 0.29) is 12.1 Å². The molecule has 0 spiro atoms. The fourth-order valence-corrected chi connectivity index (χ4v) is 0.553. The van der Waals surface area contributed by atoms with Gasteiger partial charge in [0.05, 0.1) is 0 Å². The van der Waals surface area contributed by atoms with Crippen LogP contribution in [-0.2, 0) is 19.9 Å². The van der Waals surface area contributed by atoms with Gasteiger partial charge < -0.3 is 15.8 Å². The van der Waals surface area contributed by atoms with E-state index < -0.39 is 10.4 Å². The van der Waals surface area contributed by atoms with Crippen molar-refractivity contribution in [3.05, 3.63) is 11.6 Å². The second-order valence-electron chi connectivity index (χ2n) is 3.36. The Bertz CT molecular complexity index is 342. The van der Waals surface area contributed by atoms with Gasteiger partial charge >= 0.3 is 16.4 Å². The van der Waals surface area contributed by atoms with Crippen molar-refractivity contribution in [1.29, 1.82) is 0 Å². The first-order valence-electron chi connectivity index (χ1n) is 4.72. The summed E-state index contributed by atoms with van der Waals surface area (Å²) < 4.78 is 36.5. The smallest absolute Gasteiger partial charge is 0.394 e. The summed E-state index contributed by atoms with van der Waals surface area (Å²) in [5.41, 5.74) is 0.661. The van der Waals surface area contributed by atoms with Gasteiger partial charge in [-0.05, 0) is 27.9 Å². The largest absolute Gasteiger partial charge is 0.461 e. The monoisotopic (exact) mass is 286 g/mol. The normalized spacial score (nSPS) is 11.2. The lowest BCUT2D eigenvalue weighted by Gasteiger charge is -2.09. The molecule has 0 aromatic carbocycles. The van der Waals surface area contributed by atoms with Crippen LogP contribution in [0.15, 0.2) is 11.6 Å². The molecule has 0 heterocycles. The summed E-state index contributed by atoms with van der Waals surface area (Å²) in [6, 6.07) is 0. The van der Waals surface area contributed by atoms with Gasteiger partial charge in [0, 0.05) is 12.1 Å². The molecule has 0 unspecified atom stereocenters. The van der Waals surface area contributed by atoms with Crippen molar-refractivity contribution in [1.82, 2.24) is 11.1 Å². The van der Waals surface area contributed by atoms with Crippen LogP contribution in [0.25, 0.3) is 0 Å². The minimum atomic E-state index is -4.67. The van der Waals surface area contributed by atoms with Crippen molar-refractivity contribution in [3.8, 4) is 0 Å². The molecule has 0 aliphatic carbocycles. The zero-order valence-corrected chi connectivity index (χ0v) is 11.9. The SMILES string of the molecule is CC=C(C)C(=O)OCCN(C)C.N.O=S(=O)(O)O. The molecule has 18 heavy (non-hydrogen) atoms. The molecule has 9 heteroatoms. The van der Waals surface area contributed by atoms with Gasteiger partial charge in [-0.25, -0.2) is 4.79 Å². The van der Waals surface area contributed by atoms with E-state index in [9.17, 15) is 4.79 Å². The van der Waals surface area contributed by atoms with E-state index in [1.165, 1.54) is 0 Å². The van der Waals surface area contributed by atoms with Gasteiger partial charge in [0.15, 0.2) is 0 Å². The number of likely N-dealkylation sites (N-methyl/N-ethyl adjacent to an activating group) is 1. The number of carbonyl (C=O) groups is 1. The zero-order chi connectivity index (χ0) is 14.1. The second-order valence-corrected chi connectivity index (χ2v) is 4.25. The Morgan fingerprint density at radius 2 is 1.72 bits per heavy atom. The summed E-state index contributed by atoms with van der Waals surface area (Å²) in [5, 5.41) is 0. The lowest BCUT2D eigenvalue weighted by molar-refractivity contribution is -0.139. The molecule has 0 aromatic heterocycles. The number of nitrogens with zero attached hydrogens (tertiary/aromatic N) is 1. The van der Waals surface area contributed by atoms with E-state index in [0.717, 1.165) is 6.54 Å². The fraction of sp³-hybridized carbons (Fsp3) is 0.667. The van der Waals surface area contributed by atoms with Gasteiger partial charge in [0.25, 0.3) is 0 Å². The molecule has 5 N–H and O–H groups in total. The predicted molar refractivity (Wildman–Crippen MR) is 68.1 cm³/mol. The number of allylic oxidation sites excluding steroid dienone is 1. The fourth-order valence-electron chi connectivity index (χ4n) is 0.553. The number of hydrogen-bond donors (Lipinski definition) is 3. The lowest BCUT2D eigenvalue weighted by Crippen LogP contribution is -2.20. The highest BCUT2D eigenvalue weighted by atomic mass is 32.3. The van der Waals surface area contributed by atoms with Crippen LogP contribution in [-0.4, -0.2) is 55.6 Å². The Hall–Kier alpha value is -1.00. The summed E-state index contributed by atoms with van der Waals surface area (Å²) >= 11 is 0. The van der Waals surface area contributed by atoms with Crippen LogP contribution in [0.2, 0.25) is 0 Å².